The Morgan fingerprint density at radius 1 is 1.48 bits per heavy atom. The fourth-order valence-corrected chi connectivity index (χ4v) is 2.38. The third-order valence-electron chi connectivity index (χ3n) is 3.52. The maximum atomic E-state index is 12.2. The van der Waals surface area contributed by atoms with Crippen molar-refractivity contribution in [2.24, 2.45) is 12.1 Å². The zero-order valence-electron chi connectivity index (χ0n) is 13.7. The molecule has 0 radical (unpaired) electrons. The molecule has 25 heavy (non-hydrogen) atoms. The van der Waals surface area contributed by atoms with Crippen molar-refractivity contribution in [3.63, 3.8) is 0 Å². The van der Waals surface area contributed by atoms with Gasteiger partial charge in [-0.15, -0.1) is 0 Å². The second kappa shape index (κ2) is 6.69. The summed E-state index contributed by atoms with van der Waals surface area (Å²) in [4.78, 5) is 34.4. The number of aliphatic hydroxyl groups excluding tert-OH is 1. The minimum absolute atomic E-state index is 0.114. The molecule has 3 N–H and O–H groups in total. The molecule has 3 heterocycles. The van der Waals surface area contributed by atoms with Gasteiger partial charge in [0.1, 0.15) is 0 Å². The van der Waals surface area contributed by atoms with Gasteiger partial charge in [-0.25, -0.2) is 10.2 Å². The lowest BCUT2D eigenvalue weighted by Crippen LogP contribution is -2.29. The molecule has 3 rings (SSSR count). The largest absolute Gasteiger partial charge is 0.392 e. The molecule has 0 amide bonds. The normalized spacial score (nSPS) is 12.8. The molecule has 0 aliphatic carbocycles. The van der Waals surface area contributed by atoms with E-state index in [0.717, 1.165) is 5.56 Å². The number of hydrogen-bond donors (Lipinski definition) is 3. The van der Waals surface area contributed by atoms with Gasteiger partial charge in [-0.3, -0.25) is 19.3 Å². The molecule has 1 atom stereocenters. The smallest absolute Gasteiger partial charge is 0.329 e. The van der Waals surface area contributed by atoms with Crippen LogP contribution in [-0.4, -0.2) is 41.5 Å². The first-order chi connectivity index (χ1) is 12.0. The molecule has 0 saturated heterocycles. The summed E-state index contributed by atoms with van der Waals surface area (Å²) in [6.07, 6.45) is 4.11. The highest BCUT2D eigenvalue weighted by Crippen LogP contribution is 2.16. The summed E-state index contributed by atoms with van der Waals surface area (Å²) in [6, 6.07) is 3.60. The van der Waals surface area contributed by atoms with Crippen LogP contribution < -0.4 is 16.7 Å². The van der Waals surface area contributed by atoms with Crippen molar-refractivity contribution in [1.82, 2.24) is 24.1 Å². The number of H-pyrrole nitrogens is 1. The van der Waals surface area contributed by atoms with Gasteiger partial charge in [0.15, 0.2) is 11.2 Å². The van der Waals surface area contributed by atoms with Crippen LogP contribution in [0.25, 0.3) is 11.2 Å². The van der Waals surface area contributed by atoms with E-state index in [1.165, 1.54) is 16.2 Å². The second-order valence-electron chi connectivity index (χ2n) is 5.54. The van der Waals surface area contributed by atoms with E-state index in [4.69, 9.17) is 0 Å². The van der Waals surface area contributed by atoms with Crippen LogP contribution in [0.3, 0.4) is 0 Å². The number of aliphatic hydroxyl groups is 1. The number of imidazole rings is 1. The van der Waals surface area contributed by atoms with Crippen LogP contribution >= 0.6 is 0 Å². The summed E-state index contributed by atoms with van der Waals surface area (Å²) in [5, 5.41) is 13.8. The number of anilines is 1. The van der Waals surface area contributed by atoms with Crippen LogP contribution in [-0.2, 0) is 13.6 Å². The number of aryl methyl sites for hydroxylation is 1. The quantitative estimate of drug-likeness (QED) is 0.429. The molecular formula is C15H17N7O3. The Morgan fingerprint density at radius 2 is 2.28 bits per heavy atom. The number of rotatable bonds is 5. The maximum absolute atomic E-state index is 12.2. The number of nitrogens with one attached hydrogen (secondary N) is 2. The Hall–Kier alpha value is -3.27. The zero-order chi connectivity index (χ0) is 18.0. The van der Waals surface area contributed by atoms with Crippen molar-refractivity contribution in [3.05, 3.63) is 50.9 Å². The average Bonchev–Trinajstić information content (AvgIpc) is 2.92. The highest BCUT2D eigenvalue weighted by atomic mass is 16.3. The summed E-state index contributed by atoms with van der Waals surface area (Å²) in [6.45, 7) is 1.70. The molecule has 130 valence electrons. The van der Waals surface area contributed by atoms with Gasteiger partial charge in [0.05, 0.1) is 18.9 Å². The first-order valence-corrected chi connectivity index (χ1v) is 7.54. The van der Waals surface area contributed by atoms with Crippen LogP contribution in [0.5, 0.6) is 0 Å². The summed E-state index contributed by atoms with van der Waals surface area (Å²) in [7, 11) is 1.50. The lowest BCUT2D eigenvalue weighted by Gasteiger charge is -2.09. The minimum Gasteiger partial charge on any atom is -0.392 e. The summed E-state index contributed by atoms with van der Waals surface area (Å²) in [5.74, 6) is 0.239. The summed E-state index contributed by atoms with van der Waals surface area (Å²) in [5.41, 5.74) is 2.77. The maximum Gasteiger partial charge on any atom is 0.329 e. The SMILES string of the molecule is C[C@@H](O)Cn1c(N/N=C\c2cccnc2)nc2c1c(=O)[nH]c(=O)n2C. The van der Waals surface area contributed by atoms with Gasteiger partial charge in [0, 0.05) is 25.0 Å². The molecule has 0 unspecified atom stereocenters. The lowest BCUT2D eigenvalue weighted by atomic mass is 10.3. The van der Waals surface area contributed by atoms with E-state index < -0.39 is 17.4 Å². The predicted octanol–water partition coefficient (Wildman–Crippen LogP) is -0.355. The Morgan fingerprint density at radius 3 is 2.96 bits per heavy atom. The second-order valence-corrected chi connectivity index (χ2v) is 5.54. The summed E-state index contributed by atoms with van der Waals surface area (Å²) < 4.78 is 2.71. The van der Waals surface area contributed by atoms with Gasteiger partial charge in [0.2, 0.25) is 5.95 Å². The molecule has 0 aliphatic heterocycles. The van der Waals surface area contributed by atoms with E-state index in [1.807, 2.05) is 6.07 Å². The monoisotopic (exact) mass is 343 g/mol. The molecule has 10 nitrogen and oxygen atoms in total. The standard InChI is InChI=1S/C15H17N7O3/c1-9(23)8-22-11-12(21(2)15(25)19-13(11)24)18-14(22)20-17-7-10-4-3-5-16-6-10/h3-7,9,23H,8H2,1-2H3,(H,18,20)(H,19,24,25)/b17-7-/t9-/m1/s1. The van der Waals surface area contributed by atoms with Crippen molar-refractivity contribution < 1.29 is 5.11 Å². The number of aromatic amines is 1. The van der Waals surface area contributed by atoms with Crippen molar-refractivity contribution in [1.29, 1.82) is 0 Å². The highest BCUT2D eigenvalue weighted by molar-refractivity contribution is 5.80. The summed E-state index contributed by atoms with van der Waals surface area (Å²) >= 11 is 0. The number of fused-ring (bicyclic) bond motifs is 1. The molecular weight excluding hydrogens is 326 g/mol. The van der Waals surface area contributed by atoms with Crippen LogP contribution in [0.2, 0.25) is 0 Å². The predicted molar refractivity (Wildman–Crippen MR) is 92.7 cm³/mol. The van der Waals surface area contributed by atoms with E-state index in [-0.39, 0.29) is 23.7 Å². The van der Waals surface area contributed by atoms with E-state index in [0.29, 0.717) is 0 Å². The Kier molecular flexibility index (Phi) is 4.44. The Labute approximate surface area is 141 Å². The molecule has 0 fully saturated rings. The van der Waals surface area contributed by atoms with Gasteiger partial charge in [-0.1, -0.05) is 6.07 Å². The van der Waals surface area contributed by atoms with Gasteiger partial charge >= 0.3 is 5.69 Å². The zero-order valence-corrected chi connectivity index (χ0v) is 13.7. The van der Waals surface area contributed by atoms with Crippen molar-refractivity contribution in [3.8, 4) is 0 Å². The number of hydrogen-bond acceptors (Lipinski definition) is 7. The van der Waals surface area contributed by atoms with Crippen molar-refractivity contribution in [2.45, 2.75) is 19.6 Å². The number of aromatic nitrogens is 5. The van der Waals surface area contributed by atoms with Crippen LogP contribution in [0.4, 0.5) is 5.95 Å². The van der Waals surface area contributed by atoms with Gasteiger partial charge in [-0.05, 0) is 13.0 Å². The molecule has 0 spiro atoms. The highest BCUT2D eigenvalue weighted by Gasteiger charge is 2.18. The van der Waals surface area contributed by atoms with E-state index in [1.54, 1.807) is 31.6 Å². The molecule has 0 bridgehead atoms. The molecule has 3 aromatic heterocycles. The van der Waals surface area contributed by atoms with Gasteiger partial charge in [-0.2, -0.15) is 10.1 Å². The van der Waals surface area contributed by atoms with Gasteiger partial charge in [0.25, 0.3) is 5.56 Å². The molecule has 0 saturated carbocycles. The fraction of sp³-hybridized carbons (Fsp3) is 0.267. The van der Waals surface area contributed by atoms with Crippen molar-refractivity contribution in [2.75, 3.05) is 5.43 Å². The lowest BCUT2D eigenvalue weighted by molar-refractivity contribution is 0.175. The van der Waals surface area contributed by atoms with E-state index >= 15 is 0 Å². The third-order valence-corrected chi connectivity index (χ3v) is 3.52. The minimum atomic E-state index is -0.725. The average molecular weight is 343 g/mol. The topological polar surface area (TPSA) is 130 Å². The first kappa shape index (κ1) is 16.6. The molecule has 0 aromatic carbocycles. The Bertz CT molecular complexity index is 1030. The Balaban J connectivity index is 2.06. The third kappa shape index (κ3) is 3.33. The van der Waals surface area contributed by atoms with Gasteiger partial charge < -0.3 is 9.67 Å². The number of hydrazone groups is 1. The van der Waals surface area contributed by atoms with Crippen molar-refractivity contribution >= 4 is 23.3 Å². The molecule has 3 aromatic rings. The first-order valence-electron chi connectivity index (χ1n) is 7.54. The van der Waals surface area contributed by atoms with E-state index in [2.05, 4.69) is 25.5 Å². The van der Waals surface area contributed by atoms with Crippen LogP contribution in [0.15, 0.2) is 39.2 Å². The number of nitrogens with zero attached hydrogens (tertiary/aromatic N) is 5. The van der Waals surface area contributed by atoms with Crippen LogP contribution in [0, 0.1) is 0 Å². The number of pyridine rings is 1. The van der Waals surface area contributed by atoms with Crippen LogP contribution in [0.1, 0.15) is 12.5 Å². The van der Waals surface area contributed by atoms with E-state index in [9.17, 15) is 14.7 Å². The molecule has 10 heteroatoms. The molecule has 0 aliphatic rings. The fourth-order valence-electron chi connectivity index (χ4n) is 2.38.